The van der Waals surface area contributed by atoms with E-state index in [9.17, 15) is 0 Å². The van der Waals surface area contributed by atoms with Gasteiger partial charge in [0.25, 0.3) is 0 Å². The normalized spacial score (nSPS) is 19.4. The molecule has 0 amide bonds. The molecule has 4 heteroatoms. The molecule has 1 atom stereocenters. The van der Waals surface area contributed by atoms with E-state index < -0.39 is 0 Å². The molecule has 0 bridgehead atoms. The molecule has 0 aliphatic carbocycles. The number of aliphatic hydroxyl groups is 1. The van der Waals surface area contributed by atoms with Crippen molar-refractivity contribution in [2.24, 2.45) is 0 Å². The summed E-state index contributed by atoms with van der Waals surface area (Å²) < 4.78 is 0. The minimum Gasteiger partial charge on any atom is -0.396 e. The highest BCUT2D eigenvalue weighted by Gasteiger charge is 2.26. The molecule has 0 radical (unpaired) electrons. The van der Waals surface area contributed by atoms with Crippen LogP contribution in [0.3, 0.4) is 0 Å². The summed E-state index contributed by atoms with van der Waals surface area (Å²) in [4.78, 5) is 6.98. The Kier molecular flexibility index (Phi) is 4.96. The van der Waals surface area contributed by atoms with Crippen molar-refractivity contribution in [3.8, 4) is 0 Å². The van der Waals surface area contributed by atoms with Crippen LogP contribution in [0.1, 0.15) is 31.2 Å². The van der Waals surface area contributed by atoms with Crippen molar-refractivity contribution in [3.05, 3.63) is 23.9 Å². The molecule has 4 nitrogen and oxygen atoms in total. The molecule has 1 unspecified atom stereocenters. The fourth-order valence-corrected chi connectivity index (χ4v) is 2.76. The van der Waals surface area contributed by atoms with Crippen LogP contribution in [0.2, 0.25) is 0 Å². The van der Waals surface area contributed by atoms with Gasteiger partial charge in [-0.05, 0) is 38.8 Å². The topological polar surface area (TPSA) is 48.4 Å². The van der Waals surface area contributed by atoms with Gasteiger partial charge in [0.1, 0.15) is 5.82 Å². The zero-order valence-electron chi connectivity index (χ0n) is 11.1. The standard InChI is InChI=1S/C14H23N3O/c1-15-11-12-5-2-8-16-14(12)17-9-3-6-13(17)7-4-10-18/h2,5,8,13,15,18H,3-4,6-7,9-11H2,1H3. The highest BCUT2D eigenvalue weighted by molar-refractivity contribution is 5.48. The Bertz CT molecular complexity index is 370. The largest absolute Gasteiger partial charge is 0.396 e. The summed E-state index contributed by atoms with van der Waals surface area (Å²) in [7, 11) is 1.96. The number of anilines is 1. The molecule has 2 heterocycles. The Morgan fingerprint density at radius 1 is 1.56 bits per heavy atom. The maximum absolute atomic E-state index is 8.98. The SMILES string of the molecule is CNCc1cccnc1N1CCCC1CCCO. The van der Waals surface area contributed by atoms with E-state index in [1.54, 1.807) is 0 Å². The number of rotatable bonds is 6. The van der Waals surface area contributed by atoms with Gasteiger partial charge in [-0.25, -0.2) is 4.98 Å². The molecular formula is C14H23N3O. The summed E-state index contributed by atoms with van der Waals surface area (Å²) in [6, 6.07) is 4.68. The van der Waals surface area contributed by atoms with Gasteiger partial charge < -0.3 is 15.3 Å². The number of pyridine rings is 1. The van der Waals surface area contributed by atoms with Crippen molar-refractivity contribution in [2.75, 3.05) is 25.1 Å². The van der Waals surface area contributed by atoms with Crippen LogP contribution in [-0.2, 0) is 6.54 Å². The zero-order valence-corrected chi connectivity index (χ0v) is 11.1. The van der Waals surface area contributed by atoms with Crippen LogP contribution in [0.15, 0.2) is 18.3 Å². The van der Waals surface area contributed by atoms with Crippen LogP contribution in [0, 0.1) is 0 Å². The maximum atomic E-state index is 8.98. The van der Waals surface area contributed by atoms with Gasteiger partial charge in [0.05, 0.1) is 0 Å². The smallest absolute Gasteiger partial charge is 0.133 e. The number of aliphatic hydroxyl groups excluding tert-OH is 1. The van der Waals surface area contributed by atoms with Gasteiger partial charge >= 0.3 is 0 Å². The summed E-state index contributed by atoms with van der Waals surface area (Å²) in [6.07, 6.45) is 6.26. The van der Waals surface area contributed by atoms with Crippen LogP contribution >= 0.6 is 0 Å². The number of aromatic nitrogens is 1. The molecule has 1 aromatic heterocycles. The van der Waals surface area contributed by atoms with Gasteiger partial charge in [-0.1, -0.05) is 6.07 Å². The molecule has 1 aromatic rings. The van der Waals surface area contributed by atoms with E-state index in [-0.39, 0.29) is 6.61 Å². The van der Waals surface area contributed by atoms with Crippen molar-refractivity contribution in [3.63, 3.8) is 0 Å². The van der Waals surface area contributed by atoms with Crippen LogP contribution in [0.25, 0.3) is 0 Å². The number of nitrogens with one attached hydrogen (secondary N) is 1. The van der Waals surface area contributed by atoms with E-state index in [1.165, 1.54) is 18.4 Å². The number of hydrogen-bond donors (Lipinski definition) is 2. The molecule has 1 saturated heterocycles. The molecule has 1 aliphatic rings. The van der Waals surface area contributed by atoms with E-state index in [2.05, 4.69) is 21.3 Å². The molecule has 100 valence electrons. The molecule has 18 heavy (non-hydrogen) atoms. The van der Waals surface area contributed by atoms with Gasteiger partial charge in [-0.2, -0.15) is 0 Å². The second-order valence-corrected chi connectivity index (χ2v) is 4.87. The average molecular weight is 249 g/mol. The third-order valence-electron chi connectivity index (χ3n) is 3.58. The minimum atomic E-state index is 0.288. The van der Waals surface area contributed by atoms with Crippen LogP contribution in [-0.4, -0.2) is 36.3 Å². The lowest BCUT2D eigenvalue weighted by atomic mass is 10.1. The Hall–Kier alpha value is -1.13. The molecule has 0 spiro atoms. The van der Waals surface area contributed by atoms with Crippen LogP contribution < -0.4 is 10.2 Å². The number of hydrogen-bond acceptors (Lipinski definition) is 4. The average Bonchev–Trinajstić information content (AvgIpc) is 2.85. The second kappa shape index (κ2) is 6.71. The van der Waals surface area contributed by atoms with Crippen molar-refractivity contribution in [1.82, 2.24) is 10.3 Å². The molecule has 1 aliphatic heterocycles. The summed E-state index contributed by atoms with van der Waals surface area (Å²) in [5, 5.41) is 12.2. The first-order valence-electron chi connectivity index (χ1n) is 6.83. The van der Waals surface area contributed by atoms with E-state index in [4.69, 9.17) is 5.11 Å². The van der Waals surface area contributed by atoms with Crippen molar-refractivity contribution < 1.29 is 5.11 Å². The maximum Gasteiger partial charge on any atom is 0.133 e. The Morgan fingerprint density at radius 3 is 3.22 bits per heavy atom. The molecule has 2 rings (SSSR count). The highest BCUT2D eigenvalue weighted by atomic mass is 16.2. The summed E-state index contributed by atoms with van der Waals surface area (Å²) in [6.45, 7) is 2.23. The molecule has 2 N–H and O–H groups in total. The van der Waals surface area contributed by atoms with E-state index in [0.29, 0.717) is 6.04 Å². The minimum absolute atomic E-state index is 0.288. The third kappa shape index (κ3) is 3.00. The summed E-state index contributed by atoms with van der Waals surface area (Å²) in [5.41, 5.74) is 1.26. The monoisotopic (exact) mass is 249 g/mol. The fraction of sp³-hybridized carbons (Fsp3) is 0.643. The molecular weight excluding hydrogens is 226 g/mol. The lowest BCUT2D eigenvalue weighted by Crippen LogP contribution is -2.31. The quantitative estimate of drug-likeness (QED) is 0.803. The van der Waals surface area contributed by atoms with Crippen molar-refractivity contribution in [1.29, 1.82) is 0 Å². The third-order valence-corrected chi connectivity index (χ3v) is 3.58. The summed E-state index contributed by atoms with van der Waals surface area (Å²) in [5.74, 6) is 1.12. The Balaban J connectivity index is 2.13. The van der Waals surface area contributed by atoms with E-state index in [1.807, 2.05) is 19.3 Å². The second-order valence-electron chi connectivity index (χ2n) is 4.87. The van der Waals surface area contributed by atoms with E-state index >= 15 is 0 Å². The molecule has 0 saturated carbocycles. The van der Waals surface area contributed by atoms with Gasteiger partial charge in [-0.3, -0.25) is 0 Å². The van der Waals surface area contributed by atoms with Crippen LogP contribution in [0.5, 0.6) is 0 Å². The first kappa shape index (κ1) is 13.3. The fourth-order valence-electron chi connectivity index (χ4n) is 2.76. The number of nitrogens with zero attached hydrogens (tertiary/aromatic N) is 2. The van der Waals surface area contributed by atoms with Gasteiger partial charge in [0.2, 0.25) is 0 Å². The highest BCUT2D eigenvalue weighted by Crippen LogP contribution is 2.28. The predicted molar refractivity (Wildman–Crippen MR) is 73.7 cm³/mol. The molecule has 0 aromatic carbocycles. The Labute approximate surface area is 109 Å². The Morgan fingerprint density at radius 2 is 2.44 bits per heavy atom. The first-order chi connectivity index (χ1) is 8.86. The summed E-state index contributed by atoms with van der Waals surface area (Å²) >= 11 is 0. The lowest BCUT2D eigenvalue weighted by Gasteiger charge is -2.27. The van der Waals surface area contributed by atoms with E-state index in [0.717, 1.165) is 31.7 Å². The van der Waals surface area contributed by atoms with Crippen molar-refractivity contribution >= 4 is 5.82 Å². The molecule has 1 fully saturated rings. The lowest BCUT2D eigenvalue weighted by molar-refractivity contribution is 0.279. The zero-order chi connectivity index (χ0) is 12.8. The van der Waals surface area contributed by atoms with Gasteiger partial charge in [-0.15, -0.1) is 0 Å². The predicted octanol–water partition coefficient (Wildman–Crippen LogP) is 1.54. The van der Waals surface area contributed by atoms with Crippen LogP contribution in [0.4, 0.5) is 5.82 Å². The first-order valence-corrected chi connectivity index (χ1v) is 6.83. The van der Waals surface area contributed by atoms with Crippen molar-refractivity contribution in [2.45, 2.75) is 38.3 Å². The van der Waals surface area contributed by atoms with Gasteiger partial charge in [0, 0.05) is 37.5 Å². The van der Waals surface area contributed by atoms with Gasteiger partial charge in [0.15, 0.2) is 0 Å².